The maximum absolute atomic E-state index is 12.0. The van der Waals surface area contributed by atoms with Crippen LogP contribution in [0.1, 0.15) is 28.4 Å². The Morgan fingerprint density at radius 1 is 1.19 bits per heavy atom. The lowest BCUT2D eigenvalue weighted by molar-refractivity contribution is 0.103. The molecule has 0 atom stereocenters. The van der Waals surface area contributed by atoms with E-state index in [9.17, 15) is 4.79 Å². The van der Waals surface area contributed by atoms with Crippen molar-refractivity contribution in [2.24, 2.45) is 0 Å². The third-order valence-electron chi connectivity index (χ3n) is 2.42. The van der Waals surface area contributed by atoms with Gasteiger partial charge >= 0.3 is 0 Å². The molecule has 1 aromatic carbocycles. The standard InChI is InChI=1S/C13H12N2O/c1-2-10-4-3-5-11(6-10)13(16)12-7-14-9-15-8-12/h3-9H,2H2,1H3. The van der Waals surface area contributed by atoms with Crippen molar-refractivity contribution in [3.8, 4) is 0 Å². The summed E-state index contributed by atoms with van der Waals surface area (Å²) in [6.45, 7) is 2.06. The van der Waals surface area contributed by atoms with Crippen molar-refractivity contribution in [1.29, 1.82) is 0 Å². The molecular weight excluding hydrogens is 200 g/mol. The van der Waals surface area contributed by atoms with E-state index in [0.717, 1.165) is 12.0 Å². The fourth-order valence-electron chi connectivity index (χ4n) is 1.52. The highest BCUT2D eigenvalue weighted by Crippen LogP contribution is 2.10. The van der Waals surface area contributed by atoms with Crippen molar-refractivity contribution in [3.05, 3.63) is 59.7 Å². The average Bonchev–Trinajstić information content (AvgIpc) is 2.39. The third-order valence-corrected chi connectivity index (χ3v) is 2.42. The van der Waals surface area contributed by atoms with Gasteiger partial charge in [-0.05, 0) is 18.1 Å². The van der Waals surface area contributed by atoms with Crippen molar-refractivity contribution in [2.75, 3.05) is 0 Å². The molecule has 0 bridgehead atoms. The zero-order valence-corrected chi connectivity index (χ0v) is 9.05. The number of hydrogen-bond donors (Lipinski definition) is 0. The van der Waals surface area contributed by atoms with Crippen LogP contribution >= 0.6 is 0 Å². The van der Waals surface area contributed by atoms with Gasteiger partial charge in [-0.1, -0.05) is 25.1 Å². The lowest BCUT2D eigenvalue weighted by Crippen LogP contribution is -2.02. The van der Waals surface area contributed by atoms with Gasteiger partial charge in [-0.3, -0.25) is 4.79 Å². The summed E-state index contributed by atoms with van der Waals surface area (Å²) in [5.74, 6) is -0.0316. The molecule has 1 aromatic heterocycles. The van der Waals surface area contributed by atoms with Gasteiger partial charge in [-0.2, -0.15) is 0 Å². The molecule has 0 saturated heterocycles. The van der Waals surface area contributed by atoms with Crippen LogP contribution in [0.2, 0.25) is 0 Å². The van der Waals surface area contributed by atoms with Gasteiger partial charge in [0.25, 0.3) is 0 Å². The number of ketones is 1. The number of benzene rings is 1. The molecule has 0 radical (unpaired) electrons. The van der Waals surface area contributed by atoms with Gasteiger partial charge in [0.15, 0.2) is 5.78 Å². The van der Waals surface area contributed by atoms with Gasteiger partial charge in [-0.15, -0.1) is 0 Å². The van der Waals surface area contributed by atoms with E-state index >= 15 is 0 Å². The number of aryl methyl sites for hydroxylation is 1. The van der Waals surface area contributed by atoms with Gasteiger partial charge in [0, 0.05) is 18.0 Å². The minimum absolute atomic E-state index is 0.0316. The van der Waals surface area contributed by atoms with Gasteiger partial charge < -0.3 is 0 Å². The molecule has 2 aromatic rings. The van der Waals surface area contributed by atoms with Gasteiger partial charge in [0.05, 0.1) is 5.56 Å². The molecular formula is C13H12N2O. The largest absolute Gasteiger partial charge is 0.288 e. The zero-order valence-electron chi connectivity index (χ0n) is 9.05. The highest BCUT2D eigenvalue weighted by atomic mass is 16.1. The highest BCUT2D eigenvalue weighted by Gasteiger charge is 2.09. The van der Waals surface area contributed by atoms with Crippen LogP contribution in [-0.2, 0) is 6.42 Å². The predicted octanol–water partition coefficient (Wildman–Crippen LogP) is 2.27. The van der Waals surface area contributed by atoms with E-state index in [2.05, 4.69) is 16.9 Å². The first-order chi connectivity index (χ1) is 7.81. The predicted molar refractivity (Wildman–Crippen MR) is 61.3 cm³/mol. The summed E-state index contributed by atoms with van der Waals surface area (Å²) in [5.41, 5.74) is 2.37. The molecule has 0 aliphatic carbocycles. The second kappa shape index (κ2) is 4.66. The number of nitrogens with zero attached hydrogens (tertiary/aromatic N) is 2. The van der Waals surface area contributed by atoms with Crippen LogP contribution in [-0.4, -0.2) is 15.8 Å². The molecule has 0 saturated carbocycles. The van der Waals surface area contributed by atoms with Crippen molar-refractivity contribution in [2.45, 2.75) is 13.3 Å². The van der Waals surface area contributed by atoms with E-state index in [-0.39, 0.29) is 5.78 Å². The normalized spacial score (nSPS) is 10.1. The number of hydrogen-bond acceptors (Lipinski definition) is 3. The summed E-state index contributed by atoms with van der Waals surface area (Å²) in [4.78, 5) is 19.7. The SMILES string of the molecule is CCc1cccc(C(=O)c2cncnc2)c1. The Bertz CT molecular complexity index is 494. The average molecular weight is 212 g/mol. The van der Waals surface area contributed by atoms with Crippen LogP contribution in [0.5, 0.6) is 0 Å². The molecule has 0 spiro atoms. The molecule has 2 rings (SSSR count). The maximum atomic E-state index is 12.0. The number of carbonyl (C=O) groups excluding carboxylic acids is 1. The Balaban J connectivity index is 2.34. The van der Waals surface area contributed by atoms with Crippen molar-refractivity contribution < 1.29 is 4.79 Å². The molecule has 0 aliphatic heterocycles. The Kier molecular flexibility index (Phi) is 3.05. The zero-order chi connectivity index (χ0) is 11.4. The molecule has 0 amide bonds. The minimum atomic E-state index is -0.0316. The van der Waals surface area contributed by atoms with E-state index in [4.69, 9.17) is 0 Å². The van der Waals surface area contributed by atoms with Crippen molar-refractivity contribution >= 4 is 5.78 Å². The van der Waals surface area contributed by atoms with Crippen molar-refractivity contribution in [3.63, 3.8) is 0 Å². The quantitative estimate of drug-likeness (QED) is 0.733. The Hall–Kier alpha value is -2.03. The third kappa shape index (κ3) is 2.14. The molecule has 1 heterocycles. The van der Waals surface area contributed by atoms with E-state index in [1.807, 2.05) is 24.3 Å². The van der Waals surface area contributed by atoms with E-state index in [0.29, 0.717) is 11.1 Å². The topological polar surface area (TPSA) is 42.9 Å². The lowest BCUT2D eigenvalue weighted by Gasteiger charge is -2.02. The van der Waals surface area contributed by atoms with Crippen LogP contribution in [0.4, 0.5) is 0 Å². The van der Waals surface area contributed by atoms with E-state index < -0.39 is 0 Å². The smallest absolute Gasteiger partial charge is 0.196 e. The van der Waals surface area contributed by atoms with Crippen LogP contribution in [0, 0.1) is 0 Å². The van der Waals surface area contributed by atoms with Gasteiger partial charge in [-0.25, -0.2) is 9.97 Å². The highest BCUT2D eigenvalue weighted by molar-refractivity contribution is 6.08. The monoisotopic (exact) mass is 212 g/mol. The van der Waals surface area contributed by atoms with Gasteiger partial charge in [0.1, 0.15) is 6.33 Å². The summed E-state index contributed by atoms with van der Waals surface area (Å²) in [6.07, 6.45) is 5.41. The molecule has 0 N–H and O–H groups in total. The lowest BCUT2D eigenvalue weighted by atomic mass is 10.0. The molecule has 3 heteroatoms. The van der Waals surface area contributed by atoms with Crippen molar-refractivity contribution in [1.82, 2.24) is 9.97 Å². The number of rotatable bonds is 3. The first-order valence-electron chi connectivity index (χ1n) is 5.20. The number of aromatic nitrogens is 2. The van der Waals surface area contributed by atoms with Crippen LogP contribution in [0.25, 0.3) is 0 Å². The summed E-state index contributed by atoms with van der Waals surface area (Å²) in [5, 5.41) is 0. The molecule has 0 aliphatic rings. The molecule has 0 fully saturated rings. The Morgan fingerprint density at radius 3 is 2.62 bits per heavy atom. The second-order valence-electron chi connectivity index (χ2n) is 3.51. The molecule has 80 valence electrons. The van der Waals surface area contributed by atoms with E-state index in [1.165, 1.54) is 18.7 Å². The maximum Gasteiger partial charge on any atom is 0.196 e. The summed E-state index contributed by atoms with van der Waals surface area (Å²) >= 11 is 0. The summed E-state index contributed by atoms with van der Waals surface area (Å²) in [7, 11) is 0. The molecule has 16 heavy (non-hydrogen) atoms. The van der Waals surface area contributed by atoms with Gasteiger partial charge in [0.2, 0.25) is 0 Å². The second-order valence-corrected chi connectivity index (χ2v) is 3.51. The summed E-state index contributed by atoms with van der Waals surface area (Å²) in [6, 6.07) is 7.64. The van der Waals surface area contributed by atoms with Crippen LogP contribution in [0.15, 0.2) is 43.0 Å². The fraction of sp³-hybridized carbons (Fsp3) is 0.154. The van der Waals surface area contributed by atoms with E-state index in [1.54, 1.807) is 0 Å². The molecule has 0 unspecified atom stereocenters. The number of carbonyl (C=O) groups is 1. The summed E-state index contributed by atoms with van der Waals surface area (Å²) < 4.78 is 0. The Morgan fingerprint density at radius 2 is 1.94 bits per heavy atom. The van der Waals surface area contributed by atoms with Crippen LogP contribution < -0.4 is 0 Å². The molecule has 3 nitrogen and oxygen atoms in total. The minimum Gasteiger partial charge on any atom is -0.288 e. The first kappa shape index (κ1) is 10.5. The van der Waals surface area contributed by atoms with Crippen LogP contribution in [0.3, 0.4) is 0 Å². The first-order valence-corrected chi connectivity index (χ1v) is 5.20. The Labute approximate surface area is 94.2 Å². The fourth-order valence-corrected chi connectivity index (χ4v) is 1.52.